The monoisotopic (exact) mass is 329 g/mol. The standard InChI is InChI=1S/C14H13ClFNO3S/c1-9(18)10-3-2-4-12(7-10)21(19,20)17-14-8-11(16)5-6-13(14)15/h2-9,17-18H,1H3. The lowest BCUT2D eigenvalue weighted by Gasteiger charge is -2.11. The number of rotatable bonds is 4. The Hall–Kier alpha value is -1.63. The zero-order valence-electron chi connectivity index (χ0n) is 11.0. The molecule has 21 heavy (non-hydrogen) atoms. The van der Waals surface area contributed by atoms with Crippen LogP contribution in [0.5, 0.6) is 0 Å². The second-order valence-electron chi connectivity index (χ2n) is 4.48. The Morgan fingerprint density at radius 3 is 2.62 bits per heavy atom. The van der Waals surface area contributed by atoms with Gasteiger partial charge in [0.05, 0.1) is 21.7 Å². The maximum Gasteiger partial charge on any atom is 0.261 e. The third kappa shape index (κ3) is 3.72. The van der Waals surface area contributed by atoms with Crippen molar-refractivity contribution in [3.05, 3.63) is 58.9 Å². The summed E-state index contributed by atoms with van der Waals surface area (Å²) >= 11 is 5.84. The van der Waals surface area contributed by atoms with E-state index in [4.69, 9.17) is 11.6 Å². The van der Waals surface area contributed by atoms with Crippen molar-refractivity contribution in [3.8, 4) is 0 Å². The lowest BCUT2D eigenvalue weighted by molar-refractivity contribution is 0.199. The van der Waals surface area contributed by atoms with Gasteiger partial charge in [-0.1, -0.05) is 23.7 Å². The highest BCUT2D eigenvalue weighted by Crippen LogP contribution is 2.26. The molecule has 0 bridgehead atoms. The summed E-state index contributed by atoms with van der Waals surface area (Å²) in [5.41, 5.74) is 0.419. The third-order valence-corrected chi connectivity index (χ3v) is 4.52. The van der Waals surface area contributed by atoms with Crippen molar-refractivity contribution < 1.29 is 17.9 Å². The second kappa shape index (κ2) is 6.01. The van der Waals surface area contributed by atoms with Crippen LogP contribution in [0.1, 0.15) is 18.6 Å². The molecule has 0 aromatic heterocycles. The number of hydrogen-bond acceptors (Lipinski definition) is 3. The predicted octanol–water partition coefficient (Wildman–Crippen LogP) is 3.33. The molecule has 2 aromatic carbocycles. The highest BCUT2D eigenvalue weighted by molar-refractivity contribution is 7.92. The predicted molar refractivity (Wildman–Crippen MR) is 79.3 cm³/mol. The minimum Gasteiger partial charge on any atom is -0.389 e. The van der Waals surface area contributed by atoms with Crippen molar-refractivity contribution in [1.82, 2.24) is 0 Å². The highest BCUT2D eigenvalue weighted by atomic mass is 35.5. The van der Waals surface area contributed by atoms with E-state index in [0.29, 0.717) is 5.56 Å². The van der Waals surface area contributed by atoms with Crippen LogP contribution in [0.3, 0.4) is 0 Å². The molecule has 0 aliphatic rings. The molecule has 112 valence electrons. The fourth-order valence-electron chi connectivity index (χ4n) is 1.72. The van der Waals surface area contributed by atoms with E-state index in [9.17, 15) is 17.9 Å². The lowest BCUT2D eigenvalue weighted by atomic mass is 10.1. The van der Waals surface area contributed by atoms with Crippen LogP contribution >= 0.6 is 11.6 Å². The molecule has 0 amide bonds. The number of nitrogens with one attached hydrogen (secondary N) is 1. The van der Waals surface area contributed by atoms with Crippen LogP contribution in [0, 0.1) is 5.82 Å². The minimum atomic E-state index is -3.92. The first kappa shape index (κ1) is 15.8. The van der Waals surface area contributed by atoms with Gasteiger partial charge in [0.15, 0.2) is 0 Å². The molecule has 1 atom stereocenters. The van der Waals surface area contributed by atoms with E-state index in [1.165, 1.54) is 31.2 Å². The van der Waals surface area contributed by atoms with Crippen molar-refractivity contribution in [3.63, 3.8) is 0 Å². The van der Waals surface area contributed by atoms with E-state index >= 15 is 0 Å². The van der Waals surface area contributed by atoms with Gasteiger partial charge in [0, 0.05) is 0 Å². The zero-order valence-corrected chi connectivity index (χ0v) is 12.6. The average Bonchev–Trinajstić information content (AvgIpc) is 2.43. The molecule has 0 spiro atoms. The fourth-order valence-corrected chi connectivity index (χ4v) is 3.07. The van der Waals surface area contributed by atoms with E-state index in [1.807, 2.05) is 0 Å². The summed E-state index contributed by atoms with van der Waals surface area (Å²) in [5, 5.41) is 9.59. The topological polar surface area (TPSA) is 66.4 Å². The van der Waals surface area contributed by atoms with Crippen molar-refractivity contribution in [2.24, 2.45) is 0 Å². The number of hydrogen-bond donors (Lipinski definition) is 2. The summed E-state index contributed by atoms with van der Waals surface area (Å²) in [6, 6.07) is 9.25. The largest absolute Gasteiger partial charge is 0.389 e. The first-order chi connectivity index (χ1) is 9.79. The molecule has 4 nitrogen and oxygen atoms in total. The molecule has 7 heteroatoms. The van der Waals surface area contributed by atoms with Gasteiger partial charge in [-0.05, 0) is 42.8 Å². The van der Waals surface area contributed by atoms with Crippen LogP contribution < -0.4 is 4.72 Å². The van der Waals surface area contributed by atoms with Crippen LogP contribution in [0.4, 0.5) is 10.1 Å². The van der Waals surface area contributed by atoms with Crippen molar-refractivity contribution >= 4 is 27.3 Å². The van der Waals surface area contributed by atoms with E-state index in [2.05, 4.69) is 4.72 Å². The molecule has 0 radical (unpaired) electrons. The van der Waals surface area contributed by atoms with Crippen LogP contribution in [0.2, 0.25) is 5.02 Å². The Bertz CT molecular complexity index is 763. The molecule has 2 rings (SSSR count). The Morgan fingerprint density at radius 2 is 1.95 bits per heavy atom. The summed E-state index contributed by atoms with van der Waals surface area (Å²) in [6.07, 6.45) is -0.794. The first-order valence-electron chi connectivity index (χ1n) is 6.05. The van der Waals surface area contributed by atoms with Crippen LogP contribution in [-0.4, -0.2) is 13.5 Å². The number of halogens is 2. The van der Waals surface area contributed by atoms with Crippen molar-refractivity contribution in [1.29, 1.82) is 0 Å². The molecule has 2 N–H and O–H groups in total. The summed E-state index contributed by atoms with van der Waals surface area (Å²) < 4.78 is 39.9. The fraction of sp³-hybridized carbons (Fsp3) is 0.143. The maximum absolute atomic E-state index is 13.2. The van der Waals surface area contributed by atoms with E-state index in [1.54, 1.807) is 6.07 Å². The van der Waals surface area contributed by atoms with E-state index in [0.717, 1.165) is 12.1 Å². The van der Waals surface area contributed by atoms with Gasteiger partial charge in [-0.3, -0.25) is 4.72 Å². The molecule has 0 aliphatic carbocycles. The molecule has 1 unspecified atom stereocenters. The smallest absolute Gasteiger partial charge is 0.261 e. The Labute approximate surface area is 127 Å². The minimum absolute atomic E-state index is 0.0405. The number of anilines is 1. The first-order valence-corrected chi connectivity index (χ1v) is 7.91. The van der Waals surface area contributed by atoms with Gasteiger partial charge in [-0.15, -0.1) is 0 Å². The van der Waals surface area contributed by atoms with Gasteiger partial charge >= 0.3 is 0 Å². The Balaban J connectivity index is 2.38. The van der Waals surface area contributed by atoms with Crippen molar-refractivity contribution in [2.75, 3.05) is 4.72 Å². The van der Waals surface area contributed by atoms with Gasteiger partial charge in [0.2, 0.25) is 0 Å². The summed E-state index contributed by atoms with van der Waals surface area (Å²) in [5.74, 6) is -0.602. The second-order valence-corrected chi connectivity index (χ2v) is 6.57. The number of benzene rings is 2. The van der Waals surface area contributed by atoms with Crippen LogP contribution in [0.15, 0.2) is 47.4 Å². The molecule has 0 fully saturated rings. The average molecular weight is 330 g/mol. The molecular formula is C14H13ClFNO3S. The van der Waals surface area contributed by atoms with Gasteiger partial charge in [0.1, 0.15) is 5.82 Å². The highest BCUT2D eigenvalue weighted by Gasteiger charge is 2.17. The summed E-state index contributed by atoms with van der Waals surface area (Å²) in [6.45, 7) is 1.53. The van der Waals surface area contributed by atoms with E-state index < -0.39 is 21.9 Å². The molecule has 0 saturated heterocycles. The van der Waals surface area contributed by atoms with Crippen LogP contribution in [0.25, 0.3) is 0 Å². The third-order valence-electron chi connectivity index (χ3n) is 2.82. The van der Waals surface area contributed by atoms with Gasteiger partial charge in [-0.25, -0.2) is 12.8 Å². The van der Waals surface area contributed by atoms with Gasteiger partial charge in [0.25, 0.3) is 10.0 Å². The zero-order chi connectivity index (χ0) is 15.6. The Morgan fingerprint density at radius 1 is 1.24 bits per heavy atom. The summed E-state index contributed by atoms with van der Waals surface area (Å²) in [7, 11) is -3.92. The van der Waals surface area contributed by atoms with Gasteiger partial charge in [-0.2, -0.15) is 0 Å². The molecular weight excluding hydrogens is 317 g/mol. The lowest BCUT2D eigenvalue weighted by Crippen LogP contribution is -2.14. The molecule has 0 saturated carbocycles. The quantitative estimate of drug-likeness (QED) is 0.904. The van der Waals surface area contributed by atoms with Gasteiger partial charge < -0.3 is 5.11 Å². The normalized spacial score (nSPS) is 13.0. The summed E-state index contributed by atoms with van der Waals surface area (Å²) in [4.78, 5) is -0.0405. The number of aliphatic hydroxyl groups excluding tert-OH is 1. The SMILES string of the molecule is CC(O)c1cccc(S(=O)(=O)Nc2cc(F)ccc2Cl)c1. The Kier molecular flexibility index (Phi) is 4.51. The molecule has 0 aliphatic heterocycles. The van der Waals surface area contributed by atoms with Crippen molar-refractivity contribution in [2.45, 2.75) is 17.9 Å². The molecule has 0 heterocycles. The number of aliphatic hydroxyl groups is 1. The maximum atomic E-state index is 13.2. The number of sulfonamides is 1. The van der Waals surface area contributed by atoms with Crippen LogP contribution in [-0.2, 0) is 10.0 Å². The molecule has 2 aromatic rings. The van der Waals surface area contributed by atoms with E-state index in [-0.39, 0.29) is 15.6 Å².